The zero-order valence-corrected chi connectivity index (χ0v) is 12.3. The Bertz CT molecular complexity index is 543. The molecule has 0 aliphatic heterocycles. The molecule has 19 heavy (non-hydrogen) atoms. The van der Waals surface area contributed by atoms with E-state index in [1.807, 2.05) is 19.3 Å². The monoisotopic (exact) mass is 257 g/mol. The molecule has 1 aromatic carbocycles. The zero-order chi connectivity index (χ0) is 13.8. The van der Waals surface area contributed by atoms with Gasteiger partial charge in [-0.05, 0) is 38.4 Å². The van der Waals surface area contributed by atoms with Gasteiger partial charge >= 0.3 is 0 Å². The average Bonchev–Trinajstić information content (AvgIpc) is 2.75. The third-order valence-electron chi connectivity index (χ3n) is 3.55. The molecular weight excluding hydrogens is 234 g/mol. The van der Waals surface area contributed by atoms with Crippen molar-refractivity contribution in [3.05, 3.63) is 53.1 Å². The number of likely N-dealkylation sites (N-methyl/N-ethyl adjacent to an activating group) is 1. The molecule has 0 aliphatic rings. The summed E-state index contributed by atoms with van der Waals surface area (Å²) < 4.78 is 2.20. The second kappa shape index (κ2) is 6.02. The minimum atomic E-state index is 0.332. The van der Waals surface area contributed by atoms with E-state index in [4.69, 9.17) is 0 Å². The van der Waals surface area contributed by atoms with Crippen molar-refractivity contribution < 1.29 is 0 Å². The summed E-state index contributed by atoms with van der Waals surface area (Å²) in [6.07, 6.45) is 3.91. The predicted octanol–water partition coefficient (Wildman–Crippen LogP) is 3.16. The molecule has 0 radical (unpaired) electrons. The fraction of sp³-hybridized carbons (Fsp3) is 0.438. The Morgan fingerprint density at radius 3 is 2.63 bits per heavy atom. The van der Waals surface area contributed by atoms with Crippen molar-refractivity contribution in [2.45, 2.75) is 40.3 Å². The van der Waals surface area contributed by atoms with Crippen LogP contribution in [-0.2, 0) is 6.54 Å². The van der Waals surface area contributed by atoms with E-state index in [1.165, 1.54) is 16.7 Å². The molecule has 1 aromatic heterocycles. The maximum Gasteiger partial charge on any atom is 0.105 e. The van der Waals surface area contributed by atoms with Crippen molar-refractivity contribution in [1.82, 2.24) is 14.9 Å². The number of nitrogens with one attached hydrogen (secondary N) is 1. The Balaban J connectivity index is 2.27. The molecule has 0 bridgehead atoms. The number of hydrogen-bond donors (Lipinski definition) is 1. The SMILES string of the molecule is CCNC(Cn1ccnc1C)c1ccc(C)cc1C. The third kappa shape index (κ3) is 3.24. The molecular formula is C16H23N3. The van der Waals surface area contributed by atoms with Gasteiger partial charge in [-0.25, -0.2) is 4.98 Å². The number of imidazole rings is 1. The van der Waals surface area contributed by atoms with Crippen LogP contribution in [0.2, 0.25) is 0 Å². The highest BCUT2D eigenvalue weighted by molar-refractivity contribution is 5.32. The normalized spacial score (nSPS) is 12.6. The topological polar surface area (TPSA) is 29.9 Å². The van der Waals surface area contributed by atoms with Crippen LogP contribution in [0.15, 0.2) is 30.6 Å². The quantitative estimate of drug-likeness (QED) is 0.891. The number of aryl methyl sites for hydroxylation is 3. The number of nitrogens with zero attached hydrogens (tertiary/aromatic N) is 2. The van der Waals surface area contributed by atoms with Crippen LogP contribution in [0.4, 0.5) is 0 Å². The van der Waals surface area contributed by atoms with Crippen LogP contribution >= 0.6 is 0 Å². The van der Waals surface area contributed by atoms with Crippen molar-refractivity contribution in [2.24, 2.45) is 0 Å². The standard InChI is InChI=1S/C16H23N3/c1-5-17-16(11-19-9-8-18-14(19)4)15-7-6-12(2)10-13(15)3/h6-10,16-17H,5,11H2,1-4H3. The summed E-state index contributed by atoms with van der Waals surface area (Å²) in [5.74, 6) is 1.06. The molecule has 0 saturated heterocycles. The second-order valence-corrected chi connectivity index (χ2v) is 5.10. The first-order valence-electron chi connectivity index (χ1n) is 6.90. The lowest BCUT2D eigenvalue weighted by molar-refractivity contribution is 0.467. The summed E-state index contributed by atoms with van der Waals surface area (Å²) in [5, 5.41) is 3.58. The van der Waals surface area contributed by atoms with Gasteiger partial charge in [0.25, 0.3) is 0 Å². The van der Waals surface area contributed by atoms with Gasteiger partial charge in [-0.3, -0.25) is 0 Å². The maximum absolute atomic E-state index is 4.30. The highest BCUT2D eigenvalue weighted by Gasteiger charge is 2.14. The molecule has 1 heterocycles. The molecule has 1 N–H and O–H groups in total. The first-order chi connectivity index (χ1) is 9.11. The molecule has 1 atom stereocenters. The van der Waals surface area contributed by atoms with E-state index in [0.717, 1.165) is 18.9 Å². The molecule has 0 amide bonds. The average molecular weight is 257 g/mol. The van der Waals surface area contributed by atoms with Crippen LogP contribution in [-0.4, -0.2) is 16.1 Å². The maximum atomic E-state index is 4.30. The Labute approximate surface area is 115 Å². The zero-order valence-electron chi connectivity index (χ0n) is 12.3. The number of aromatic nitrogens is 2. The molecule has 0 fully saturated rings. The third-order valence-corrected chi connectivity index (χ3v) is 3.55. The molecule has 3 nitrogen and oxygen atoms in total. The molecule has 2 rings (SSSR count). The van der Waals surface area contributed by atoms with Gasteiger partial charge in [0, 0.05) is 18.9 Å². The smallest absolute Gasteiger partial charge is 0.105 e. The van der Waals surface area contributed by atoms with E-state index >= 15 is 0 Å². The largest absolute Gasteiger partial charge is 0.333 e. The van der Waals surface area contributed by atoms with Crippen molar-refractivity contribution in [1.29, 1.82) is 0 Å². The minimum absolute atomic E-state index is 0.332. The van der Waals surface area contributed by atoms with Crippen LogP contribution in [0, 0.1) is 20.8 Å². The lowest BCUT2D eigenvalue weighted by atomic mass is 9.99. The van der Waals surface area contributed by atoms with Crippen LogP contribution in [0.3, 0.4) is 0 Å². The fourth-order valence-electron chi connectivity index (χ4n) is 2.53. The molecule has 102 valence electrons. The van der Waals surface area contributed by atoms with Crippen molar-refractivity contribution in [2.75, 3.05) is 6.54 Å². The van der Waals surface area contributed by atoms with Gasteiger partial charge in [-0.1, -0.05) is 30.7 Å². The van der Waals surface area contributed by atoms with Gasteiger partial charge in [-0.2, -0.15) is 0 Å². The van der Waals surface area contributed by atoms with Crippen molar-refractivity contribution in [3.8, 4) is 0 Å². The molecule has 0 aliphatic carbocycles. The van der Waals surface area contributed by atoms with Crippen LogP contribution in [0.5, 0.6) is 0 Å². The summed E-state index contributed by atoms with van der Waals surface area (Å²) in [6.45, 7) is 10.4. The Morgan fingerprint density at radius 1 is 1.26 bits per heavy atom. The van der Waals surface area contributed by atoms with Crippen LogP contribution in [0.1, 0.15) is 35.5 Å². The lowest BCUT2D eigenvalue weighted by Gasteiger charge is -2.22. The van der Waals surface area contributed by atoms with E-state index < -0.39 is 0 Å². The predicted molar refractivity (Wildman–Crippen MR) is 79.3 cm³/mol. The van der Waals surface area contributed by atoms with E-state index in [1.54, 1.807) is 0 Å². The summed E-state index contributed by atoms with van der Waals surface area (Å²) in [7, 11) is 0. The van der Waals surface area contributed by atoms with Gasteiger partial charge in [0.2, 0.25) is 0 Å². The van der Waals surface area contributed by atoms with Gasteiger partial charge in [0.1, 0.15) is 5.82 Å². The van der Waals surface area contributed by atoms with Gasteiger partial charge in [0.05, 0.1) is 6.04 Å². The van der Waals surface area contributed by atoms with Crippen LogP contribution in [0.25, 0.3) is 0 Å². The molecule has 0 saturated carbocycles. The van der Waals surface area contributed by atoms with E-state index in [2.05, 4.69) is 53.8 Å². The highest BCUT2D eigenvalue weighted by Crippen LogP contribution is 2.21. The molecule has 2 aromatic rings. The van der Waals surface area contributed by atoms with E-state index in [-0.39, 0.29) is 0 Å². The summed E-state index contributed by atoms with van der Waals surface area (Å²) in [5.41, 5.74) is 4.04. The Morgan fingerprint density at radius 2 is 2.05 bits per heavy atom. The number of rotatable bonds is 5. The Hall–Kier alpha value is -1.61. The van der Waals surface area contributed by atoms with Crippen molar-refractivity contribution >= 4 is 0 Å². The number of benzene rings is 1. The number of hydrogen-bond acceptors (Lipinski definition) is 2. The van der Waals surface area contributed by atoms with Gasteiger partial charge in [-0.15, -0.1) is 0 Å². The minimum Gasteiger partial charge on any atom is -0.333 e. The molecule has 1 unspecified atom stereocenters. The highest BCUT2D eigenvalue weighted by atomic mass is 15.1. The summed E-state index contributed by atoms with van der Waals surface area (Å²) in [4.78, 5) is 4.30. The van der Waals surface area contributed by atoms with Gasteiger partial charge in [0.15, 0.2) is 0 Å². The first-order valence-corrected chi connectivity index (χ1v) is 6.90. The van der Waals surface area contributed by atoms with E-state index in [9.17, 15) is 0 Å². The lowest BCUT2D eigenvalue weighted by Crippen LogP contribution is -2.26. The van der Waals surface area contributed by atoms with Gasteiger partial charge < -0.3 is 9.88 Å². The molecule has 3 heteroatoms. The van der Waals surface area contributed by atoms with E-state index in [0.29, 0.717) is 6.04 Å². The Kier molecular flexibility index (Phi) is 4.38. The summed E-state index contributed by atoms with van der Waals surface area (Å²) >= 11 is 0. The second-order valence-electron chi connectivity index (χ2n) is 5.10. The first kappa shape index (κ1) is 13.8. The molecule has 0 spiro atoms. The summed E-state index contributed by atoms with van der Waals surface area (Å²) in [6, 6.07) is 7.01. The fourth-order valence-corrected chi connectivity index (χ4v) is 2.53. The van der Waals surface area contributed by atoms with Crippen molar-refractivity contribution in [3.63, 3.8) is 0 Å². The van der Waals surface area contributed by atoms with Crippen LogP contribution < -0.4 is 5.32 Å².